The molecule has 1 saturated carbocycles. The van der Waals surface area contributed by atoms with Gasteiger partial charge in [0.2, 0.25) is 5.95 Å². The van der Waals surface area contributed by atoms with Crippen molar-refractivity contribution in [1.29, 1.82) is 0 Å². The third-order valence-electron chi connectivity index (χ3n) is 4.78. The van der Waals surface area contributed by atoms with Crippen molar-refractivity contribution in [3.63, 3.8) is 0 Å². The van der Waals surface area contributed by atoms with Gasteiger partial charge >= 0.3 is 0 Å². The standard InChI is InChI=1S/C19H22N6O2/c26-10-12-2-1-3-14(8-12)23-18-17-16(21-11-22-18)9-20-19(25-17)24-13-4-6-15(27)7-5-13/h1-3,8-9,11,13,15,26-27H,4-7,10H2,(H,20,24,25)(H,21,22,23)/t13-,15-. The van der Waals surface area contributed by atoms with E-state index in [0.29, 0.717) is 22.8 Å². The summed E-state index contributed by atoms with van der Waals surface area (Å²) in [6.45, 7) is -0.0215. The predicted octanol–water partition coefficient (Wildman–Crippen LogP) is 2.37. The highest BCUT2D eigenvalue weighted by atomic mass is 16.3. The molecule has 27 heavy (non-hydrogen) atoms. The molecule has 3 aromatic rings. The quantitative estimate of drug-likeness (QED) is 0.544. The molecule has 0 saturated heterocycles. The molecule has 0 unspecified atom stereocenters. The number of nitrogens with one attached hydrogen (secondary N) is 2. The maximum absolute atomic E-state index is 9.65. The van der Waals surface area contributed by atoms with Gasteiger partial charge in [-0.3, -0.25) is 0 Å². The summed E-state index contributed by atoms with van der Waals surface area (Å²) in [5.41, 5.74) is 2.90. The van der Waals surface area contributed by atoms with Gasteiger partial charge in [0.05, 0.1) is 18.9 Å². The second kappa shape index (κ2) is 7.81. The molecule has 0 aliphatic heterocycles. The van der Waals surface area contributed by atoms with E-state index in [1.54, 1.807) is 6.20 Å². The van der Waals surface area contributed by atoms with Gasteiger partial charge in [-0.05, 0) is 43.4 Å². The summed E-state index contributed by atoms with van der Waals surface area (Å²) in [4.78, 5) is 17.5. The van der Waals surface area contributed by atoms with Gasteiger partial charge in [-0.1, -0.05) is 12.1 Å². The van der Waals surface area contributed by atoms with Crippen molar-refractivity contribution in [2.45, 2.75) is 44.4 Å². The molecule has 1 aliphatic rings. The molecule has 0 atom stereocenters. The minimum absolute atomic E-state index is 0.0215. The lowest BCUT2D eigenvalue weighted by molar-refractivity contribution is 0.126. The monoisotopic (exact) mass is 366 g/mol. The van der Waals surface area contributed by atoms with E-state index < -0.39 is 0 Å². The van der Waals surface area contributed by atoms with Crippen LogP contribution < -0.4 is 10.6 Å². The van der Waals surface area contributed by atoms with Gasteiger partial charge in [-0.15, -0.1) is 0 Å². The Hall–Kier alpha value is -2.84. The molecule has 8 heteroatoms. The van der Waals surface area contributed by atoms with Crippen molar-refractivity contribution in [2.24, 2.45) is 0 Å². The normalized spacial score (nSPS) is 19.8. The maximum atomic E-state index is 9.65. The molecule has 0 amide bonds. The third-order valence-corrected chi connectivity index (χ3v) is 4.78. The number of nitrogens with zero attached hydrogens (tertiary/aromatic N) is 4. The summed E-state index contributed by atoms with van der Waals surface area (Å²) < 4.78 is 0. The second-order valence-electron chi connectivity index (χ2n) is 6.78. The largest absolute Gasteiger partial charge is 0.393 e. The van der Waals surface area contributed by atoms with Gasteiger partial charge < -0.3 is 20.8 Å². The molecule has 8 nitrogen and oxygen atoms in total. The van der Waals surface area contributed by atoms with E-state index in [1.807, 2.05) is 24.3 Å². The van der Waals surface area contributed by atoms with Crippen LogP contribution in [0.4, 0.5) is 17.5 Å². The highest BCUT2D eigenvalue weighted by Crippen LogP contribution is 2.24. The number of benzene rings is 1. The average Bonchev–Trinajstić information content (AvgIpc) is 2.70. The number of anilines is 3. The van der Waals surface area contributed by atoms with Crippen LogP contribution in [0.3, 0.4) is 0 Å². The van der Waals surface area contributed by atoms with E-state index in [-0.39, 0.29) is 18.8 Å². The van der Waals surface area contributed by atoms with Gasteiger partial charge in [0, 0.05) is 11.7 Å². The molecule has 1 fully saturated rings. The summed E-state index contributed by atoms with van der Waals surface area (Å²) in [6, 6.07) is 7.75. The molecule has 4 N–H and O–H groups in total. The SMILES string of the molecule is OCc1cccc(Nc2ncnc3cnc(N[C@H]4CC[C@H](O)CC4)nc23)c1. The molecule has 2 heterocycles. The molecule has 1 aromatic carbocycles. The fourth-order valence-corrected chi connectivity index (χ4v) is 3.30. The van der Waals surface area contributed by atoms with Crippen molar-refractivity contribution in [2.75, 3.05) is 10.6 Å². The van der Waals surface area contributed by atoms with Gasteiger partial charge in [0.25, 0.3) is 0 Å². The van der Waals surface area contributed by atoms with Crippen LogP contribution >= 0.6 is 0 Å². The first kappa shape index (κ1) is 17.6. The summed E-state index contributed by atoms with van der Waals surface area (Å²) in [5, 5.41) is 25.6. The Labute approximate surface area is 156 Å². The maximum Gasteiger partial charge on any atom is 0.223 e. The van der Waals surface area contributed by atoms with Crippen LogP contribution in [0.25, 0.3) is 11.0 Å². The lowest BCUT2D eigenvalue weighted by atomic mass is 9.93. The average molecular weight is 366 g/mol. The van der Waals surface area contributed by atoms with Crippen LogP contribution in [-0.2, 0) is 6.61 Å². The first-order chi connectivity index (χ1) is 13.2. The lowest BCUT2D eigenvalue weighted by Crippen LogP contribution is -2.28. The number of hydrogen-bond acceptors (Lipinski definition) is 8. The van der Waals surface area contributed by atoms with E-state index >= 15 is 0 Å². The van der Waals surface area contributed by atoms with Crippen molar-refractivity contribution in [3.8, 4) is 0 Å². The number of hydrogen-bond donors (Lipinski definition) is 4. The molecule has 0 spiro atoms. The topological polar surface area (TPSA) is 116 Å². The highest BCUT2D eigenvalue weighted by molar-refractivity contribution is 5.87. The minimum atomic E-state index is -0.195. The Morgan fingerprint density at radius 1 is 1.07 bits per heavy atom. The van der Waals surface area contributed by atoms with Crippen LogP contribution in [0.5, 0.6) is 0 Å². The molecule has 4 rings (SSSR count). The van der Waals surface area contributed by atoms with Crippen molar-refractivity contribution in [3.05, 3.63) is 42.4 Å². The number of rotatable bonds is 5. The lowest BCUT2D eigenvalue weighted by Gasteiger charge is -2.26. The zero-order valence-corrected chi connectivity index (χ0v) is 14.8. The van der Waals surface area contributed by atoms with Gasteiger partial charge in [-0.2, -0.15) is 0 Å². The highest BCUT2D eigenvalue weighted by Gasteiger charge is 2.20. The van der Waals surface area contributed by atoms with Crippen molar-refractivity contribution >= 4 is 28.5 Å². The van der Waals surface area contributed by atoms with Crippen LogP contribution in [0, 0.1) is 0 Å². The zero-order chi connectivity index (χ0) is 18.6. The van der Waals surface area contributed by atoms with Crippen LogP contribution in [0.2, 0.25) is 0 Å². The van der Waals surface area contributed by atoms with Gasteiger partial charge in [0.1, 0.15) is 17.4 Å². The molecule has 140 valence electrons. The Morgan fingerprint density at radius 3 is 2.74 bits per heavy atom. The van der Waals surface area contributed by atoms with Crippen LogP contribution in [-0.4, -0.2) is 42.3 Å². The first-order valence-corrected chi connectivity index (χ1v) is 9.10. The Kier molecular flexibility index (Phi) is 5.08. The molecule has 1 aliphatic carbocycles. The number of aromatic nitrogens is 4. The fourth-order valence-electron chi connectivity index (χ4n) is 3.30. The van der Waals surface area contributed by atoms with E-state index in [2.05, 4.69) is 30.6 Å². The Morgan fingerprint density at radius 2 is 1.93 bits per heavy atom. The van der Waals surface area contributed by atoms with Crippen LogP contribution in [0.1, 0.15) is 31.2 Å². The predicted molar refractivity (Wildman–Crippen MR) is 103 cm³/mol. The first-order valence-electron chi connectivity index (χ1n) is 9.10. The van der Waals surface area contributed by atoms with Crippen LogP contribution in [0.15, 0.2) is 36.8 Å². The molecular formula is C19H22N6O2. The van der Waals surface area contributed by atoms with E-state index in [1.165, 1.54) is 6.33 Å². The van der Waals surface area contributed by atoms with E-state index in [4.69, 9.17) is 0 Å². The van der Waals surface area contributed by atoms with E-state index in [0.717, 1.165) is 36.9 Å². The van der Waals surface area contributed by atoms with Gasteiger partial charge in [0.15, 0.2) is 5.82 Å². The minimum Gasteiger partial charge on any atom is -0.393 e. The summed E-state index contributed by atoms with van der Waals surface area (Å²) in [7, 11) is 0. The summed E-state index contributed by atoms with van der Waals surface area (Å²) in [6.07, 6.45) is 6.34. The molecule has 0 radical (unpaired) electrons. The molecular weight excluding hydrogens is 344 g/mol. The smallest absolute Gasteiger partial charge is 0.223 e. The second-order valence-corrected chi connectivity index (χ2v) is 6.78. The zero-order valence-electron chi connectivity index (χ0n) is 14.8. The number of aliphatic hydroxyl groups is 2. The third kappa shape index (κ3) is 4.12. The Balaban J connectivity index is 1.59. The number of fused-ring (bicyclic) bond motifs is 1. The summed E-state index contributed by atoms with van der Waals surface area (Å²) in [5.74, 6) is 1.12. The fraction of sp³-hybridized carbons (Fsp3) is 0.368. The van der Waals surface area contributed by atoms with E-state index in [9.17, 15) is 10.2 Å². The van der Waals surface area contributed by atoms with Crippen molar-refractivity contribution in [1.82, 2.24) is 19.9 Å². The molecule has 0 bridgehead atoms. The molecule has 2 aromatic heterocycles. The summed E-state index contributed by atoms with van der Waals surface area (Å²) >= 11 is 0. The van der Waals surface area contributed by atoms with Crippen molar-refractivity contribution < 1.29 is 10.2 Å². The Bertz CT molecular complexity index is 927. The van der Waals surface area contributed by atoms with Gasteiger partial charge in [-0.25, -0.2) is 19.9 Å². The number of aliphatic hydroxyl groups excluding tert-OH is 2.